The van der Waals surface area contributed by atoms with Crippen LogP contribution < -0.4 is 15.0 Å². The second-order valence-electron chi connectivity index (χ2n) is 6.44. The maximum absolute atomic E-state index is 5.80. The van der Waals surface area contributed by atoms with E-state index in [4.69, 9.17) is 17.0 Å². The van der Waals surface area contributed by atoms with Gasteiger partial charge in [0.15, 0.2) is 5.11 Å². The van der Waals surface area contributed by atoms with Crippen molar-refractivity contribution in [2.24, 2.45) is 0 Å². The van der Waals surface area contributed by atoms with Gasteiger partial charge in [0.05, 0.1) is 26.2 Å². The van der Waals surface area contributed by atoms with Crippen molar-refractivity contribution in [1.29, 1.82) is 0 Å². The lowest BCUT2D eigenvalue weighted by atomic mass is 10.2. The number of para-hydroxylation sites is 1. The highest BCUT2D eigenvalue weighted by molar-refractivity contribution is 7.80. The number of thiocarbonyl (C=S) groups is 1. The van der Waals surface area contributed by atoms with E-state index < -0.39 is 0 Å². The van der Waals surface area contributed by atoms with E-state index in [9.17, 15) is 0 Å². The van der Waals surface area contributed by atoms with Gasteiger partial charge < -0.3 is 19.9 Å². The van der Waals surface area contributed by atoms with E-state index in [-0.39, 0.29) is 0 Å². The Bertz CT molecular complexity index is 667. The van der Waals surface area contributed by atoms with E-state index in [0.29, 0.717) is 0 Å². The molecule has 2 aromatic rings. The first kappa shape index (κ1) is 17.7. The van der Waals surface area contributed by atoms with E-state index >= 15 is 0 Å². The Morgan fingerprint density at radius 3 is 2.44 bits per heavy atom. The minimum atomic E-state index is 0.755. The van der Waals surface area contributed by atoms with Crippen molar-refractivity contribution < 1.29 is 9.64 Å². The molecule has 2 aromatic carbocycles. The van der Waals surface area contributed by atoms with Crippen LogP contribution in [0.1, 0.15) is 5.56 Å². The molecule has 0 radical (unpaired) electrons. The highest BCUT2D eigenvalue weighted by Crippen LogP contribution is 2.10. The molecule has 0 spiro atoms. The number of hydrogen-bond donors (Lipinski definition) is 2. The minimum absolute atomic E-state index is 0.755. The molecule has 0 aliphatic carbocycles. The van der Waals surface area contributed by atoms with Gasteiger partial charge in [-0.1, -0.05) is 35.9 Å². The molecule has 25 heavy (non-hydrogen) atoms. The second-order valence-corrected chi connectivity index (χ2v) is 6.83. The molecule has 0 aromatic heterocycles. The van der Waals surface area contributed by atoms with Gasteiger partial charge in [-0.3, -0.25) is 0 Å². The van der Waals surface area contributed by atoms with Gasteiger partial charge in [-0.25, -0.2) is 0 Å². The summed E-state index contributed by atoms with van der Waals surface area (Å²) in [4.78, 5) is 3.84. The molecule has 0 saturated carbocycles. The van der Waals surface area contributed by atoms with Gasteiger partial charge in [-0.15, -0.1) is 0 Å². The molecule has 1 aliphatic heterocycles. The number of nitrogens with zero attached hydrogens (tertiary/aromatic N) is 1. The summed E-state index contributed by atoms with van der Waals surface area (Å²) in [6.45, 7) is 8.02. The lowest BCUT2D eigenvalue weighted by molar-refractivity contribution is -0.903. The van der Waals surface area contributed by atoms with Crippen molar-refractivity contribution in [1.82, 2.24) is 4.90 Å². The van der Waals surface area contributed by atoms with Crippen LogP contribution in [-0.2, 0) is 0 Å². The Kier molecular flexibility index (Phi) is 6.25. The van der Waals surface area contributed by atoms with E-state index in [0.717, 1.165) is 55.9 Å². The van der Waals surface area contributed by atoms with Gasteiger partial charge in [-0.2, -0.15) is 0 Å². The van der Waals surface area contributed by atoms with Crippen LogP contribution in [0.15, 0.2) is 54.6 Å². The largest absolute Gasteiger partial charge is 0.488 e. The summed E-state index contributed by atoms with van der Waals surface area (Å²) >= 11 is 5.56. The van der Waals surface area contributed by atoms with Gasteiger partial charge in [0.2, 0.25) is 0 Å². The van der Waals surface area contributed by atoms with Gasteiger partial charge in [0.25, 0.3) is 0 Å². The van der Waals surface area contributed by atoms with Crippen LogP contribution in [0.25, 0.3) is 0 Å². The first-order valence-electron chi connectivity index (χ1n) is 8.85. The molecular formula is C20H26N3OS+. The van der Waals surface area contributed by atoms with Crippen molar-refractivity contribution in [3.05, 3.63) is 60.2 Å². The van der Waals surface area contributed by atoms with Crippen molar-refractivity contribution in [3.63, 3.8) is 0 Å². The fourth-order valence-electron chi connectivity index (χ4n) is 2.95. The molecule has 0 unspecified atom stereocenters. The monoisotopic (exact) mass is 356 g/mol. The highest BCUT2D eigenvalue weighted by Gasteiger charge is 2.21. The molecule has 4 nitrogen and oxygen atoms in total. The lowest BCUT2D eigenvalue weighted by Crippen LogP contribution is -3.15. The van der Waals surface area contributed by atoms with Gasteiger partial charge in [0, 0.05) is 5.69 Å². The Balaban J connectivity index is 1.37. The van der Waals surface area contributed by atoms with Gasteiger partial charge >= 0.3 is 0 Å². The van der Waals surface area contributed by atoms with Crippen molar-refractivity contribution in [2.45, 2.75) is 6.92 Å². The molecule has 0 atom stereocenters. The van der Waals surface area contributed by atoms with Gasteiger partial charge in [0.1, 0.15) is 18.9 Å². The quantitative estimate of drug-likeness (QED) is 0.802. The normalized spacial score (nSPS) is 15.0. The third-order valence-electron chi connectivity index (χ3n) is 4.53. The van der Waals surface area contributed by atoms with Crippen LogP contribution in [0.5, 0.6) is 5.75 Å². The Hall–Kier alpha value is -2.11. The Morgan fingerprint density at radius 2 is 1.76 bits per heavy atom. The van der Waals surface area contributed by atoms with E-state index in [2.05, 4.69) is 41.4 Å². The Morgan fingerprint density at radius 1 is 1.08 bits per heavy atom. The van der Waals surface area contributed by atoms with Crippen LogP contribution in [0.4, 0.5) is 5.69 Å². The van der Waals surface area contributed by atoms with Crippen LogP contribution in [-0.4, -0.2) is 49.3 Å². The first-order valence-corrected chi connectivity index (χ1v) is 9.25. The molecule has 1 saturated heterocycles. The maximum atomic E-state index is 5.80. The number of rotatable bonds is 5. The van der Waals surface area contributed by atoms with E-state index in [1.807, 2.05) is 30.3 Å². The summed E-state index contributed by atoms with van der Waals surface area (Å²) in [5.41, 5.74) is 2.31. The first-order chi connectivity index (χ1) is 12.2. The van der Waals surface area contributed by atoms with Crippen molar-refractivity contribution >= 4 is 23.0 Å². The number of aryl methyl sites for hydroxylation is 1. The molecular weight excluding hydrogens is 330 g/mol. The lowest BCUT2D eigenvalue weighted by Gasteiger charge is -2.33. The van der Waals surface area contributed by atoms with Gasteiger partial charge in [-0.05, 0) is 43.4 Å². The second kappa shape index (κ2) is 8.83. The van der Waals surface area contributed by atoms with E-state index in [1.165, 1.54) is 5.56 Å². The number of benzene rings is 2. The van der Waals surface area contributed by atoms with Crippen LogP contribution in [0, 0.1) is 6.92 Å². The summed E-state index contributed by atoms with van der Waals surface area (Å²) in [6, 6.07) is 18.4. The predicted octanol–water partition coefficient (Wildman–Crippen LogP) is 1.97. The molecule has 1 fully saturated rings. The summed E-state index contributed by atoms with van der Waals surface area (Å²) in [5.74, 6) is 0.948. The number of anilines is 1. The predicted molar refractivity (Wildman–Crippen MR) is 106 cm³/mol. The smallest absolute Gasteiger partial charge is 0.173 e. The number of piperazine rings is 1. The number of quaternary nitrogens is 1. The summed E-state index contributed by atoms with van der Waals surface area (Å²) < 4.78 is 5.80. The standard InChI is InChI=1S/C20H25N3OS/c1-17-7-9-18(10-8-17)21-20(25)23-13-11-22(12-14-23)15-16-24-19-5-3-2-4-6-19/h2-10H,11-16H2,1H3,(H,21,25)/p+1. The van der Waals surface area contributed by atoms with Crippen molar-refractivity contribution in [3.8, 4) is 5.75 Å². The molecule has 1 heterocycles. The zero-order chi connectivity index (χ0) is 17.5. The number of ether oxygens (including phenoxy) is 1. The topological polar surface area (TPSA) is 28.9 Å². The average molecular weight is 357 g/mol. The molecule has 1 aliphatic rings. The fraction of sp³-hybridized carbons (Fsp3) is 0.350. The summed E-state index contributed by atoms with van der Waals surface area (Å²) in [5, 5.41) is 4.16. The average Bonchev–Trinajstić information content (AvgIpc) is 2.65. The van der Waals surface area contributed by atoms with Crippen molar-refractivity contribution in [2.75, 3.05) is 44.6 Å². The summed E-state index contributed by atoms with van der Waals surface area (Å²) in [6.07, 6.45) is 0. The zero-order valence-electron chi connectivity index (χ0n) is 14.7. The SMILES string of the molecule is Cc1ccc(NC(=S)N2CC[NH+](CCOc3ccccc3)CC2)cc1. The zero-order valence-corrected chi connectivity index (χ0v) is 15.5. The van der Waals surface area contributed by atoms with E-state index in [1.54, 1.807) is 4.90 Å². The molecule has 0 bridgehead atoms. The maximum Gasteiger partial charge on any atom is 0.173 e. The fourth-order valence-corrected chi connectivity index (χ4v) is 3.25. The highest BCUT2D eigenvalue weighted by atomic mass is 32.1. The number of hydrogen-bond acceptors (Lipinski definition) is 2. The third-order valence-corrected chi connectivity index (χ3v) is 4.89. The molecule has 3 rings (SSSR count). The number of nitrogens with one attached hydrogen (secondary N) is 2. The van der Waals surface area contributed by atoms with Crippen LogP contribution in [0.2, 0.25) is 0 Å². The van der Waals surface area contributed by atoms with Crippen LogP contribution in [0.3, 0.4) is 0 Å². The molecule has 5 heteroatoms. The molecule has 132 valence electrons. The van der Waals surface area contributed by atoms with Crippen LogP contribution >= 0.6 is 12.2 Å². The molecule has 0 amide bonds. The summed E-state index contributed by atoms with van der Waals surface area (Å²) in [7, 11) is 0. The minimum Gasteiger partial charge on any atom is -0.488 e. The third kappa shape index (κ3) is 5.44. The molecule has 2 N–H and O–H groups in total. The Labute approximate surface area is 155 Å².